The number of anilines is 1. The first-order valence-electron chi connectivity index (χ1n) is 7.93. The van der Waals surface area contributed by atoms with Gasteiger partial charge in [0.05, 0.1) is 18.4 Å². The van der Waals surface area contributed by atoms with E-state index in [1.807, 2.05) is 12.1 Å². The molecular formula is C18H14F3N3O3S. The number of carbonyl (C=O) groups excluding carboxylic acids is 1. The normalized spacial score (nSPS) is 11.3. The fraction of sp³-hybridized carbons (Fsp3) is 0.167. The molecule has 0 aliphatic carbocycles. The quantitative estimate of drug-likeness (QED) is 0.605. The van der Waals surface area contributed by atoms with E-state index in [9.17, 15) is 18.0 Å². The first-order valence-corrected chi connectivity index (χ1v) is 8.91. The molecule has 28 heavy (non-hydrogen) atoms. The average Bonchev–Trinajstić information content (AvgIpc) is 3.14. The summed E-state index contributed by atoms with van der Waals surface area (Å²) in [7, 11) is 1.57. The number of nitrogens with one attached hydrogen (secondary N) is 1. The van der Waals surface area contributed by atoms with Gasteiger partial charge in [-0.2, -0.15) is 13.2 Å². The van der Waals surface area contributed by atoms with Crippen LogP contribution in [0.5, 0.6) is 5.75 Å². The van der Waals surface area contributed by atoms with Gasteiger partial charge in [-0.25, -0.2) is 0 Å². The first kappa shape index (κ1) is 19.7. The van der Waals surface area contributed by atoms with Crippen LogP contribution in [0.3, 0.4) is 0 Å². The van der Waals surface area contributed by atoms with Crippen LogP contribution in [-0.4, -0.2) is 29.0 Å². The molecule has 1 heterocycles. The van der Waals surface area contributed by atoms with E-state index in [0.717, 1.165) is 22.8 Å². The van der Waals surface area contributed by atoms with Crippen molar-refractivity contribution in [1.82, 2.24) is 10.2 Å². The molecule has 0 unspecified atom stereocenters. The maximum atomic E-state index is 12.6. The van der Waals surface area contributed by atoms with Crippen LogP contribution in [0.25, 0.3) is 11.5 Å². The third kappa shape index (κ3) is 5.03. The molecule has 1 N–H and O–H groups in total. The van der Waals surface area contributed by atoms with Crippen molar-refractivity contribution >= 4 is 23.7 Å². The molecular weight excluding hydrogens is 395 g/mol. The van der Waals surface area contributed by atoms with Gasteiger partial charge < -0.3 is 9.15 Å². The largest absolute Gasteiger partial charge is 0.497 e. The van der Waals surface area contributed by atoms with Crippen molar-refractivity contribution in [2.75, 3.05) is 18.2 Å². The molecule has 0 bridgehead atoms. The number of ether oxygens (including phenoxy) is 1. The molecule has 3 aromatic rings. The van der Waals surface area contributed by atoms with E-state index in [2.05, 4.69) is 15.5 Å². The monoisotopic (exact) mass is 409 g/mol. The van der Waals surface area contributed by atoms with Crippen molar-refractivity contribution in [1.29, 1.82) is 0 Å². The van der Waals surface area contributed by atoms with Crippen LogP contribution in [0.1, 0.15) is 5.56 Å². The predicted octanol–water partition coefficient (Wildman–Crippen LogP) is 4.49. The highest BCUT2D eigenvalue weighted by molar-refractivity contribution is 8.00. The number of amides is 1. The molecule has 2 aromatic carbocycles. The first-order chi connectivity index (χ1) is 13.3. The van der Waals surface area contributed by atoms with Gasteiger partial charge in [0.1, 0.15) is 5.75 Å². The fourth-order valence-corrected chi connectivity index (χ4v) is 2.87. The van der Waals surface area contributed by atoms with Gasteiger partial charge in [0.25, 0.3) is 0 Å². The third-order valence-corrected chi connectivity index (χ3v) is 4.57. The lowest BCUT2D eigenvalue weighted by molar-refractivity contribution is -0.137. The zero-order chi connectivity index (χ0) is 20.1. The summed E-state index contributed by atoms with van der Waals surface area (Å²) >= 11 is 1.31. The minimum Gasteiger partial charge on any atom is -0.497 e. The summed E-state index contributed by atoms with van der Waals surface area (Å²) in [6, 6.07) is 11.4. The Balaban J connectivity index is 1.57. The van der Waals surface area contributed by atoms with Gasteiger partial charge in [-0.05, 0) is 48.5 Å². The summed E-state index contributed by atoms with van der Waals surface area (Å²) in [5.41, 5.74) is -0.464. The minimum atomic E-state index is -4.42. The molecule has 6 nitrogen and oxygen atoms in total. The highest BCUT2D eigenvalue weighted by atomic mass is 32.2. The number of benzene rings is 2. The summed E-state index contributed by atoms with van der Waals surface area (Å²) in [6.07, 6.45) is -4.42. The van der Waals surface area contributed by atoms with Gasteiger partial charge in [-0.1, -0.05) is 5.10 Å². The van der Waals surface area contributed by atoms with Gasteiger partial charge in [0, 0.05) is 10.5 Å². The van der Waals surface area contributed by atoms with E-state index in [4.69, 9.17) is 9.15 Å². The molecule has 3 rings (SSSR count). The van der Waals surface area contributed by atoms with Crippen molar-refractivity contribution in [3.63, 3.8) is 0 Å². The Hall–Kier alpha value is -3.01. The Morgan fingerprint density at radius 2 is 1.79 bits per heavy atom. The number of hydrogen-bond donors (Lipinski definition) is 1. The van der Waals surface area contributed by atoms with Gasteiger partial charge in [-0.15, -0.1) is 16.9 Å². The lowest BCUT2D eigenvalue weighted by atomic mass is 10.1. The SMILES string of the molecule is COc1ccc(SCC(=O)Nc2nnc(-c3ccc(C(F)(F)F)cc3)o2)cc1. The number of methoxy groups -OCH3 is 1. The number of nitrogens with zero attached hydrogens (tertiary/aromatic N) is 2. The number of halogens is 3. The lowest BCUT2D eigenvalue weighted by Crippen LogP contribution is -2.14. The Morgan fingerprint density at radius 1 is 1.11 bits per heavy atom. The predicted molar refractivity (Wildman–Crippen MR) is 97.1 cm³/mol. The number of aromatic nitrogens is 2. The molecule has 0 fully saturated rings. The van der Waals surface area contributed by atoms with E-state index in [-0.39, 0.29) is 23.6 Å². The summed E-state index contributed by atoms with van der Waals surface area (Å²) in [5, 5.41) is 9.88. The average molecular weight is 409 g/mol. The molecule has 1 amide bonds. The molecule has 0 aliphatic rings. The fourth-order valence-electron chi connectivity index (χ4n) is 2.17. The molecule has 0 saturated carbocycles. The van der Waals surface area contributed by atoms with Crippen LogP contribution in [-0.2, 0) is 11.0 Å². The summed E-state index contributed by atoms with van der Waals surface area (Å²) in [4.78, 5) is 12.9. The zero-order valence-electron chi connectivity index (χ0n) is 14.5. The Labute approximate surface area is 162 Å². The molecule has 10 heteroatoms. The Kier molecular flexibility index (Phi) is 5.88. The van der Waals surface area contributed by atoms with Gasteiger partial charge in [0.15, 0.2) is 0 Å². The number of carbonyl (C=O) groups is 1. The number of rotatable bonds is 6. The van der Waals surface area contributed by atoms with Crippen molar-refractivity contribution in [3.05, 3.63) is 54.1 Å². The molecule has 0 saturated heterocycles. The lowest BCUT2D eigenvalue weighted by Gasteiger charge is -2.05. The Bertz CT molecular complexity index is 941. The smallest absolute Gasteiger partial charge is 0.416 e. The molecule has 0 spiro atoms. The van der Waals surface area contributed by atoms with Crippen molar-refractivity contribution in [2.45, 2.75) is 11.1 Å². The second-order valence-electron chi connectivity index (χ2n) is 5.50. The summed E-state index contributed by atoms with van der Waals surface area (Å²) in [6.45, 7) is 0. The number of hydrogen-bond acceptors (Lipinski definition) is 6. The van der Waals surface area contributed by atoms with Gasteiger partial charge >= 0.3 is 12.2 Å². The summed E-state index contributed by atoms with van der Waals surface area (Å²) in [5.74, 6) is 0.482. The second kappa shape index (κ2) is 8.34. The minimum absolute atomic E-state index is 0.00633. The van der Waals surface area contributed by atoms with Crippen molar-refractivity contribution < 1.29 is 27.1 Å². The van der Waals surface area contributed by atoms with Crippen LogP contribution in [0.15, 0.2) is 57.8 Å². The molecule has 0 atom stereocenters. The van der Waals surface area contributed by atoms with Crippen molar-refractivity contribution in [2.24, 2.45) is 0 Å². The van der Waals surface area contributed by atoms with E-state index < -0.39 is 11.7 Å². The van der Waals surface area contributed by atoms with Gasteiger partial charge in [-0.3, -0.25) is 10.1 Å². The summed E-state index contributed by atoms with van der Waals surface area (Å²) < 4.78 is 48.1. The van der Waals surface area contributed by atoms with Crippen LogP contribution < -0.4 is 10.1 Å². The van der Waals surface area contributed by atoms with E-state index in [1.54, 1.807) is 19.2 Å². The molecule has 1 aromatic heterocycles. The van der Waals surface area contributed by atoms with E-state index >= 15 is 0 Å². The molecule has 0 radical (unpaired) electrons. The topological polar surface area (TPSA) is 77.2 Å². The number of thioether (sulfide) groups is 1. The standard InChI is InChI=1S/C18H14F3N3O3S/c1-26-13-6-8-14(9-7-13)28-10-15(25)22-17-24-23-16(27-17)11-2-4-12(5-3-11)18(19,20)21/h2-9H,10H2,1H3,(H,22,24,25). The maximum absolute atomic E-state index is 12.6. The van der Waals surface area contributed by atoms with Crippen LogP contribution >= 0.6 is 11.8 Å². The second-order valence-corrected chi connectivity index (χ2v) is 6.55. The highest BCUT2D eigenvalue weighted by Gasteiger charge is 2.30. The highest BCUT2D eigenvalue weighted by Crippen LogP contribution is 2.31. The number of alkyl halides is 3. The third-order valence-electron chi connectivity index (χ3n) is 3.56. The van der Waals surface area contributed by atoms with E-state index in [1.165, 1.54) is 23.9 Å². The maximum Gasteiger partial charge on any atom is 0.416 e. The van der Waals surface area contributed by atoms with Crippen LogP contribution in [0.4, 0.5) is 19.2 Å². The van der Waals surface area contributed by atoms with E-state index in [0.29, 0.717) is 5.56 Å². The van der Waals surface area contributed by atoms with Crippen molar-refractivity contribution in [3.8, 4) is 17.2 Å². The Morgan fingerprint density at radius 3 is 2.39 bits per heavy atom. The van der Waals surface area contributed by atoms with Gasteiger partial charge in [0.2, 0.25) is 11.8 Å². The van der Waals surface area contributed by atoms with Crippen LogP contribution in [0.2, 0.25) is 0 Å². The molecule has 146 valence electrons. The zero-order valence-corrected chi connectivity index (χ0v) is 15.3. The van der Waals surface area contributed by atoms with Crippen LogP contribution in [0, 0.1) is 0 Å². The molecule has 0 aliphatic heterocycles.